The van der Waals surface area contributed by atoms with Crippen LogP contribution in [0, 0.1) is 0 Å². The van der Waals surface area contributed by atoms with Gasteiger partial charge < -0.3 is 19.7 Å². The number of carbonyl (C=O) groups excluding carboxylic acids is 2. The second-order valence-corrected chi connectivity index (χ2v) is 6.47. The van der Waals surface area contributed by atoms with Crippen molar-refractivity contribution in [1.29, 1.82) is 0 Å². The Bertz CT molecular complexity index is 805. The highest BCUT2D eigenvalue weighted by Gasteiger charge is 2.14. The summed E-state index contributed by atoms with van der Waals surface area (Å²) in [7, 11) is 5.19. The van der Waals surface area contributed by atoms with Gasteiger partial charge in [-0.1, -0.05) is 18.2 Å². The number of ketones is 1. The second-order valence-electron chi connectivity index (χ2n) is 6.47. The van der Waals surface area contributed by atoms with Crippen LogP contribution >= 0.6 is 0 Å². The molecule has 2 aromatic rings. The van der Waals surface area contributed by atoms with Gasteiger partial charge in [-0.25, -0.2) is 0 Å². The van der Waals surface area contributed by atoms with Gasteiger partial charge in [0.15, 0.2) is 23.8 Å². The standard InChI is InChI=1S/C21H26N2O4/c1-15(24)17-7-5-6-8-18(17)22-21(25)14-23(2)12-11-16-9-10-19(26-3)20(13-16)27-4/h5-10,13H,11-12,14H2,1-4H3,(H,22,25)/p+1. The van der Waals surface area contributed by atoms with Crippen LogP contribution in [0.5, 0.6) is 11.5 Å². The zero-order valence-electron chi connectivity index (χ0n) is 16.3. The fraction of sp³-hybridized carbons (Fsp3) is 0.333. The van der Waals surface area contributed by atoms with Crippen molar-refractivity contribution in [3.63, 3.8) is 0 Å². The van der Waals surface area contributed by atoms with E-state index in [1.807, 2.05) is 25.2 Å². The van der Waals surface area contributed by atoms with Crippen LogP contribution in [-0.4, -0.2) is 46.0 Å². The molecule has 6 heteroatoms. The molecule has 2 aromatic carbocycles. The molecular formula is C21H27N2O4+. The van der Waals surface area contributed by atoms with Gasteiger partial charge in [-0.3, -0.25) is 9.59 Å². The van der Waals surface area contributed by atoms with E-state index in [9.17, 15) is 9.59 Å². The molecule has 0 aliphatic carbocycles. The van der Waals surface area contributed by atoms with Crippen molar-refractivity contribution >= 4 is 17.4 Å². The molecule has 1 unspecified atom stereocenters. The van der Waals surface area contributed by atoms with Crippen molar-refractivity contribution in [2.75, 3.05) is 39.7 Å². The van der Waals surface area contributed by atoms with Gasteiger partial charge in [-0.2, -0.15) is 0 Å². The third kappa shape index (κ3) is 5.82. The van der Waals surface area contributed by atoms with Crippen LogP contribution in [0.15, 0.2) is 42.5 Å². The maximum atomic E-state index is 12.3. The molecule has 0 radical (unpaired) electrons. The van der Waals surface area contributed by atoms with Gasteiger partial charge >= 0.3 is 0 Å². The molecule has 0 saturated carbocycles. The van der Waals surface area contributed by atoms with E-state index in [1.165, 1.54) is 6.92 Å². The average Bonchev–Trinajstić information content (AvgIpc) is 2.66. The van der Waals surface area contributed by atoms with Gasteiger partial charge in [0.1, 0.15) is 0 Å². The molecule has 0 aliphatic heterocycles. The van der Waals surface area contributed by atoms with Crippen LogP contribution < -0.4 is 19.7 Å². The molecule has 0 heterocycles. The summed E-state index contributed by atoms with van der Waals surface area (Å²) in [5.41, 5.74) is 2.20. The minimum Gasteiger partial charge on any atom is -0.493 e. The molecule has 0 aromatic heterocycles. The molecule has 27 heavy (non-hydrogen) atoms. The van der Waals surface area contributed by atoms with Gasteiger partial charge in [0.2, 0.25) is 0 Å². The van der Waals surface area contributed by atoms with Gasteiger partial charge in [0.05, 0.1) is 33.5 Å². The number of likely N-dealkylation sites (N-methyl/N-ethyl adjacent to an activating group) is 1. The van der Waals surface area contributed by atoms with E-state index < -0.39 is 0 Å². The number of benzene rings is 2. The highest BCUT2D eigenvalue weighted by Crippen LogP contribution is 2.27. The summed E-state index contributed by atoms with van der Waals surface area (Å²) >= 11 is 0. The Kier molecular flexibility index (Phi) is 7.37. The number of amides is 1. The van der Waals surface area contributed by atoms with E-state index in [-0.39, 0.29) is 11.7 Å². The monoisotopic (exact) mass is 371 g/mol. The molecule has 1 atom stereocenters. The number of Topliss-reactive ketones (excluding diaryl/α,β-unsaturated/α-hetero) is 1. The van der Waals surface area contributed by atoms with Crippen LogP contribution in [0.1, 0.15) is 22.8 Å². The Morgan fingerprint density at radius 3 is 2.41 bits per heavy atom. The summed E-state index contributed by atoms with van der Waals surface area (Å²) in [5.74, 6) is 1.21. The molecule has 0 bridgehead atoms. The van der Waals surface area contributed by atoms with Gasteiger partial charge in [0, 0.05) is 12.0 Å². The predicted octanol–water partition coefficient (Wildman–Crippen LogP) is 1.60. The van der Waals surface area contributed by atoms with Gasteiger partial charge in [0.25, 0.3) is 5.91 Å². The summed E-state index contributed by atoms with van der Waals surface area (Å²) in [4.78, 5) is 25.0. The molecule has 6 nitrogen and oxygen atoms in total. The molecule has 0 fully saturated rings. The lowest BCUT2D eigenvalue weighted by Gasteiger charge is -2.15. The summed E-state index contributed by atoms with van der Waals surface area (Å²) in [6.07, 6.45) is 0.809. The van der Waals surface area contributed by atoms with Crippen LogP contribution in [0.2, 0.25) is 0 Å². The topological polar surface area (TPSA) is 69.1 Å². The van der Waals surface area contributed by atoms with E-state index in [0.717, 1.165) is 23.4 Å². The zero-order valence-corrected chi connectivity index (χ0v) is 16.3. The Morgan fingerprint density at radius 1 is 1.04 bits per heavy atom. The number of carbonyl (C=O) groups is 2. The van der Waals surface area contributed by atoms with E-state index in [4.69, 9.17) is 9.47 Å². The molecule has 2 N–H and O–H groups in total. The first kappa shape index (κ1) is 20.5. The summed E-state index contributed by atoms with van der Waals surface area (Å²) in [6, 6.07) is 12.9. The Hall–Kier alpha value is -2.86. The summed E-state index contributed by atoms with van der Waals surface area (Å²) in [6.45, 7) is 2.60. The van der Waals surface area contributed by atoms with E-state index in [2.05, 4.69) is 5.32 Å². The van der Waals surface area contributed by atoms with Crippen LogP contribution in [0.3, 0.4) is 0 Å². The lowest BCUT2D eigenvalue weighted by molar-refractivity contribution is -0.870. The fourth-order valence-electron chi connectivity index (χ4n) is 2.85. The number of nitrogens with one attached hydrogen (secondary N) is 2. The van der Waals surface area contributed by atoms with E-state index in [1.54, 1.807) is 38.5 Å². The number of quaternary nitrogens is 1. The summed E-state index contributed by atoms with van der Waals surface area (Å²) in [5, 5.41) is 2.84. The molecule has 0 aliphatic rings. The number of hydrogen-bond donors (Lipinski definition) is 2. The molecule has 0 spiro atoms. The molecule has 1 amide bonds. The average molecular weight is 371 g/mol. The van der Waals surface area contributed by atoms with Gasteiger partial charge in [-0.05, 0) is 36.8 Å². The van der Waals surface area contributed by atoms with Crippen molar-refractivity contribution in [3.8, 4) is 11.5 Å². The molecule has 2 rings (SSSR count). The minimum absolute atomic E-state index is 0.0694. The van der Waals surface area contributed by atoms with Crippen LogP contribution in [0.4, 0.5) is 5.69 Å². The van der Waals surface area contributed by atoms with Crippen molar-refractivity contribution in [1.82, 2.24) is 0 Å². The fourth-order valence-corrected chi connectivity index (χ4v) is 2.85. The second kappa shape index (κ2) is 9.73. The van der Waals surface area contributed by atoms with Crippen molar-refractivity contribution < 1.29 is 24.0 Å². The first-order valence-electron chi connectivity index (χ1n) is 8.86. The Morgan fingerprint density at radius 2 is 1.74 bits per heavy atom. The number of rotatable bonds is 9. The van der Waals surface area contributed by atoms with E-state index >= 15 is 0 Å². The Labute approximate surface area is 160 Å². The van der Waals surface area contributed by atoms with Crippen molar-refractivity contribution in [2.24, 2.45) is 0 Å². The minimum atomic E-state index is -0.117. The van der Waals surface area contributed by atoms with Crippen molar-refractivity contribution in [3.05, 3.63) is 53.6 Å². The smallest absolute Gasteiger partial charge is 0.279 e. The number of para-hydroxylation sites is 1. The third-order valence-corrected chi connectivity index (χ3v) is 4.33. The van der Waals surface area contributed by atoms with Crippen molar-refractivity contribution in [2.45, 2.75) is 13.3 Å². The zero-order chi connectivity index (χ0) is 19.8. The number of methoxy groups -OCH3 is 2. The van der Waals surface area contributed by atoms with Crippen LogP contribution in [-0.2, 0) is 11.2 Å². The first-order valence-corrected chi connectivity index (χ1v) is 8.86. The maximum Gasteiger partial charge on any atom is 0.279 e. The quantitative estimate of drug-likeness (QED) is 0.657. The van der Waals surface area contributed by atoms with E-state index in [0.29, 0.717) is 29.3 Å². The normalized spacial score (nSPS) is 11.6. The lowest BCUT2D eigenvalue weighted by atomic mass is 10.1. The maximum absolute atomic E-state index is 12.3. The number of hydrogen-bond acceptors (Lipinski definition) is 4. The summed E-state index contributed by atoms with van der Waals surface area (Å²) < 4.78 is 10.6. The number of anilines is 1. The Balaban J connectivity index is 1.89. The lowest BCUT2D eigenvalue weighted by Crippen LogP contribution is -3.10. The first-order chi connectivity index (χ1) is 12.9. The van der Waals surface area contributed by atoms with Crippen LogP contribution in [0.25, 0.3) is 0 Å². The third-order valence-electron chi connectivity index (χ3n) is 4.33. The highest BCUT2D eigenvalue weighted by atomic mass is 16.5. The highest BCUT2D eigenvalue weighted by molar-refractivity contribution is 6.03. The molecule has 144 valence electrons. The SMILES string of the molecule is COc1ccc(CC[NH+](C)CC(=O)Nc2ccccc2C(C)=O)cc1OC. The predicted molar refractivity (Wildman–Crippen MR) is 105 cm³/mol. The van der Waals surface area contributed by atoms with Gasteiger partial charge in [-0.15, -0.1) is 0 Å². The molecule has 0 saturated heterocycles. The largest absolute Gasteiger partial charge is 0.493 e. The molecular weight excluding hydrogens is 344 g/mol. The number of ether oxygens (including phenoxy) is 2.